The maximum atomic E-state index is 12.7. The summed E-state index contributed by atoms with van der Waals surface area (Å²) in [6, 6.07) is 13.3. The largest absolute Gasteiger partial charge is 0.496 e. The van der Waals surface area contributed by atoms with Gasteiger partial charge >= 0.3 is 23.9 Å². The number of esters is 4. The van der Waals surface area contributed by atoms with Gasteiger partial charge in [0.15, 0.2) is 11.5 Å². The Morgan fingerprint density at radius 1 is 0.696 bits per heavy atom. The van der Waals surface area contributed by atoms with Crippen LogP contribution in [-0.4, -0.2) is 31.0 Å². The van der Waals surface area contributed by atoms with Crippen LogP contribution in [0.4, 0.5) is 0 Å². The van der Waals surface area contributed by atoms with Gasteiger partial charge in [0.2, 0.25) is 0 Å². The fourth-order valence-electron chi connectivity index (χ4n) is 4.20. The molecule has 0 amide bonds. The van der Waals surface area contributed by atoms with Gasteiger partial charge in [0.1, 0.15) is 18.1 Å². The van der Waals surface area contributed by atoms with Crippen molar-refractivity contribution in [3.8, 4) is 46.0 Å². The summed E-state index contributed by atoms with van der Waals surface area (Å²) >= 11 is 0. The zero-order valence-corrected chi connectivity index (χ0v) is 25.6. The van der Waals surface area contributed by atoms with Crippen LogP contribution in [0.5, 0.6) is 23.0 Å². The van der Waals surface area contributed by atoms with E-state index in [0.717, 1.165) is 29.9 Å². The van der Waals surface area contributed by atoms with Crippen LogP contribution in [0.2, 0.25) is 0 Å². The molecule has 0 aliphatic heterocycles. The number of methoxy groups -OCH3 is 1. The topological polar surface area (TPSA) is 114 Å². The first kappa shape index (κ1) is 34.4. The van der Waals surface area contributed by atoms with Crippen LogP contribution < -0.4 is 18.9 Å². The van der Waals surface area contributed by atoms with Crippen molar-refractivity contribution in [3.05, 3.63) is 121 Å². The maximum absolute atomic E-state index is 12.7. The highest BCUT2D eigenvalue weighted by Gasteiger charge is 2.29. The Labute approximate surface area is 267 Å². The van der Waals surface area contributed by atoms with E-state index in [4.69, 9.17) is 23.7 Å². The quantitative estimate of drug-likeness (QED) is 0.0951. The molecule has 0 heterocycles. The molecule has 0 fully saturated rings. The Morgan fingerprint density at radius 2 is 1.26 bits per heavy atom. The molecule has 0 unspecified atom stereocenters. The van der Waals surface area contributed by atoms with E-state index >= 15 is 0 Å². The predicted octanol–water partition coefficient (Wildman–Crippen LogP) is 6.22. The van der Waals surface area contributed by atoms with Crippen molar-refractivity contribution in [2.24, 2.45) is 0 Å². The van der Waals surface area contributed by atoms with E-state index in [2.05, 4.69) is 38.2 Å². The molecule has 0 bridgehead atoms. The van der Waals surface area contributed by atoms with E-state index in [-0.39, 0.29) is 29.4 Å². The molecule has 0 N–H and O–H groups in total. The van der Waals surface area contributed by atoms with Crippen molar-refractivity contribution in [3.63, 3.8) is 0 Å². The van der Waals surface area contributed by atoms with Gasteiger partial charge in [0.25, 0.3) is 0 Å². The standard InChI is InChI=1S/C37H32O9/c1-7-12-28-29(22-17-24-13-15-25(16-14-24)23-43-30(38)8-2)36(45-32(40)10-4)37(46-33(41)11-5)34(35(28)42-6)26-18-20-27(21-19-26)44-31(39)9-3/h8-11,13-16,18-21H,2-5,7,12,23H2,1,6H3. The summed E-state index contributed by atoms with van der Waals surface area (Å²) in [5.74, 6) is 3.65. The average Bonchev–Trinajstić information content (AvgIpc) is 3.08. The third kappa shape index (κ3) is 8.71. The molecule has 3 aromatic rings. The molecule has 3 rings (SSSR count). The first-order valence-electron chi connectivity index (χ1n) is 14.0. The second kappa shape index (κ2) is 16.6. The Balaban J connectivity index is 2.31. The number of hydrogen-bond acceptors (Lipinski definition) is 9. The van der Waals surface area contributed by atoms with Crippen molar-refractivity contribution < 1.29 is 42.9 Å². The number of benzene rings is 3. The molecule has 0 aliphatic carbocycles. The Hall–Kier alpha value is -6.14. The van der Waals surface area contributed by atoms with Gasteiger partial charge in [-0.2, -0.15) is 0 Å². The van der Waals surface area contributed by atoms with Crippen LogP contribution >= 0.6 is 0 Å². The van der Waals surface area contributed by atoms with Gasteiger partial charge in [-0.15, -0.1) is 0 Å². The molecule has 9 nitrogen and oxygen atoms in total. The van der Waals surface area contributed by atoms with Crippen LogP contribution in [0.25, 0.3) is 11.1 Å². The number of ether oxygens (including phenoxy) is 5. The van der Waals surface area contributed by atoms with Gasteiger partial charge in [-0.25, -0.2) is 19.2 Å². The van der Waals surface area contributed by atoms with Gasteiger partial charge < -0.3 is 23.7 Å². The van der Waals surface area contributed by atoms with Crippen molar-refractivity contribution in [2.75, 3.05) is 7.11 Å². The molecule has 0 saturated heterocycles. The summed E-state index contributed by atoms with van der Waals surface area (Å²) in [6.45, 7) is 15.8. The molecule has 234 valence electrons. The van der Waals surface area contributed by atoms with Gasteiger partial charge in [-0.1, -0.05) is 75.8 Å². The summed E-state index contributed by atoms with van der Waals surface area (Å²) in [5.41, 5.74) is 2.96. The van der Waals surface area contributed by atoms with Crippen molar-refractivity contribution >= 4 is 23.9 Å². The molecule has 9 heteroatoms. The van der Waals surface area contributed by atoms with Crippen molar-refractivity contribution in [1.82, 2.24) is 0 Å². The van der Waals surface area contributed by atoms with E-state index in [1.54, 1.807) is 48.5 Å². The normalized spacial score (nSPS) is 9.87. The highest BCUT2D eigenvalue weighted by atomic mass is 16.6. The number of rotatable bonds is 13. The average molecular weight is 621 g/mol. The highest BCUT2D eigenvalue weighted by molar-refractivity contribution is 5.93. The van der Waals surface area contributed by atoms with Crippen LogP contribution in [0.3, 0.4) is 0 Å². The fourth-order valence-corrected chi connectivity index (χ4v) is 4.20. The van der Waals surface area contributed by atoms with E-state index in [1.165, 1.54) is 7.11 Å². The molecule has 0 radical (unpaired) electrons. The van der Waals surface area contributed by atoms with Gasteiger partial charge in [-0.05, 0) is 41.8 Å². The van der Waals surface area contributed by atoms with Crippen LogP contribution in [-0.2, 0) is 36.9 Å². The molecule has 0 aliphatic rings. The van der Waals surface area contributed by atoms with E-state index < -0.39 is 23.9 Å². The Bertz CT molecular complexity index is 1730. The predicted molar refractivity (Wildman–Crippen MR) is 172 cm³/mol. The minimum Gasteiger partial charge on any atom is -0.496 e. The minimum atomic E-state index is -0.828. The van der Waals surface area contributed by atoms with Crippen LogP contribution in [0, 0.1) is 11.8 Å². The third-order valence-electron chi connectivity index (χ3n) is 6.27. The number of carbonyl (C=O) groups excluding carboxylic acids is 4. The molecule has 0 saturated carbocycles. The molecular formula is C37H32O9. The van der Waals surface area contributed by atoms with E-state index in [1.807, 2.05) is 6.92 Å². The summed E-state index contributed by atoms with van der Waals surface area (Å²) in [6.07, 6.45) is 5.15. The summed E-state index contributed by atoms with van der Waals surface area (Å²) < 4.78 is 27.6. The summed E-state index contributed by atoms with van der Waals surface area (Å²) in [5, 5.41) is 0. The zero-order valence-electron chi connectivity index (χ0n) is 25.6. The second-order valence-corrected chi connectivity index (χ2v) is 9.33. The van der Waals surface area contributed by atoms with Crippen LogP contribution in [0.1, 0.15) is 35.6 Å². The molecular weight excluding hydrogens is 588 g/mol. The number of hydrogen-bond donors (Lipinski definition) is 0. The lowest BCUT2D eigenvalue weighted by atomic mass is 9.92. The monoisotopic (exact) mass is 620 g/mol. The van der Waals surface area contributed by atoms with Gasteiger partial charge in [-0.3, -0.25) is 0 Å². The zero-order chi connectivity index (χ0) is 33.6. The Morgan fingerprint density at radius 3 is 1.80 bits per heavy atom. The molecule has 0 spiro atoms. The summed E-state index contributed by atoms with van der Waals surface area (Å²) in [4.78, 5) is 48.4. The van der Waals surface area contributed by atoms with E-state index in [9.17, 15) is 19.2 Å². The van der Waals surface area contributed by atoms with Crippen molar-refractivity contribution in [2.45, 2.75) is 26.4 Å². The highest BCUT2D eigenvalue weighted by Crippen LogP contribution is 2.50. The molecule has 3 aromatic carbocycles. The third-order valence-corrected chi connectivity index (χ3v) is 6.27. The Kier molecular flexibility index (Phi) is 12.4. The first-order chi connectivity index (χ1) is 22.2. The maximum Gasteiger partial charge on any atom is 0.335 e. The minimum absolute atomic E-state index is 0.0647. The number of carbonyl (C=O) groups is 4. The lowest BCUT2D eigenvalue weighted by Crippen LogP contribution is -2.13. The van der Waals surface area contributed by atoms with Crippen molar-refractivity contribution in [1.29, 1.82) is 0 Å². The van der Waals surface area contributed by atoms with Gasteiger partial charge in [0, 0.05) is 35.4 Å². The molecule has 46 heavy (non-hydrogen) atoms. The van der Waals surface area contributed by atoms with Crippen LogP contribution in [0.15, 0.2) is 99.2 Å². The van der Waals surface area contributed by atoms with Gasteiger partial charge in [0.05, 0.1) is 18.2 Å². The molecule has 0 aromatic heterocycles. The lowest BCUT2D eigenvalue weighted by Gasteiger charge is -2.22. The fraction of sp³-hybridized carbons (Fsp3) is 0.135. The second-order valence-electron chi connectivity index (χ2n) is 9.33. The molecule has 0 atom stereocenters. The first-order valence-corrected chi connectivity index (χ1v) is 14.0. The lowest BCUT2D eigenvalue weighted by molar-refractivity contribution is -0.139. The van der Waals surface area contributed by atoms with E-state index in [0.29, 0.717) is 40.8 Å². The smallest absolute Gasteiger partial charge is 0.335 e. The summed E-state index contributed by atoms with van der Waals surface area (Å²) in [7, 11) is 1.46. The SMILES string of the molecule is C=CC(=O)OCc1ccc(C#Cc2c(CCC)c(OC)c(-c3ccc(OC(=O)C=C)cc3)c(OC(=O)C=C)c2OC(=O)C=C)cc1.